The SMILES string of the molecule is Cc1ccc(-c2cc3ccc(S(=O)(=O)NC4CCC(C(=O)N[C@H](C)c5ccc(F)cc5)CC4)cc3[nH]2)cc1. The first-order valence-corrected chi connectivity index (χ1v) is 14.4. The van der Waals surface area contributed by atoms with Crippen molar-refractivity contribution in [2.75, 3.05) is 0 Å². The molecule has 1 aliphatic carbocycles. The highest BCUT2D eigenvalue weighted by atomic mass is 32.2. The van der Waals surface area contributed by atoms with Crippen molar-refractivity contribution in [2.45, 2.75) is 56.5 Å². The smallest absolute Gasteiger partial charge is 0.240 e. The monoisotopic (exact) mass is 533 g/mol. The molecule has 3 aromatic carbocycles. The van der Waals surface area contributed by atoms with Crippen LogP contribution in [0.25, 0.3) is 22.2 Å². The van der Waals surface area contributed by atoms with Crippen LogP contribution in [0.3, 0.4) is 0 Å². The Morgan fingerprint density at radius 1 is 0.947 bits per heavy atom. The van der Waals surface area contributed by atoms with Gasteiger partial charge in [-0.25, -0.2) is 17.5 Å². The number of hydrogen-bond acceptors (Lipinski definition) is 3. The Hall–Kier alpha value is -3.49. The van der Waals surface area contributed by atoms with Crippen LogP contribution in [0.5, 0.6) is 0 Å². The van der Waals surface area contributed by atoms with Crippen molar-refractivity contribution in [2.24, 2.45) is 5.92 Å². The summed E-state index contributed by atoms with van der Waals surface area (Å²) in [6, 6.07) is 21.0. The molecule has 4 aromatic rings. The molecule has 6 nitrogen and oxygen atoms in total. The summed E-state index contributed by atoms with van der Waals surface area (Å²) < 4.78 is 42.4. The number of nitrogens with one attached hydrogen (secondary N) is 3. The zero-order valence-corrected chi connectivity index (χ0v) is 22.3. The molecule has 0 unspecified atom stereocenters. The van der Waals surface area contributed by atoms with Crippen molar-refractivity contribution in [3.8, 4) is 11.3 Å². The van der Waals surface area contributed by atoms with Crippen LogP contribution in [0, 0.1) is 18.7 Å². The predicted molar refractivity (Wildman–Crippen MR) is 147 cm³/mol. The Morgan fingerprint density at radius 3 is 2.32 bits per heavy atom. The van der Waals surface area contributed by atoms with Crippen LogP contribution in [0.2, 0.25) is 0 Å². The number of aromatic nitrogens is 1. The maximum atomic E-state index is 13.2. The van der Waals surface area contributed by atoms with E-state index in [0.29, 0.717) is 25.7 Å². The molecule has 1 aliphatic rings. The molecule has 0 spiro atoms. The van der Waals surface area contributed by atoms with Crippen molar-refractivity contribution in [1.82, 2.24) is 15.0 Å². The molecule has 0 bridgehead atoms. The third-order valence-corrected chi connectivity index (χ3v) is 8.93. The van der Waals surface area contributed by atoms with Crippen LogP contribution in [0.1, 0.15) is 49.8 Å². The third-order valence-electron chi connectivity index (χ3n) is 7.42. The van der Waals surface area contributed by atoms with Crippen molar-refractivity contribution < 1.29 is 17.6 Å². The number of carbonyl (C=O) groups excluding carboxylic acids is 1. The number of benzene rings is 3. The molecule has 1 atom stereocenters. The Bertz CT molecular complexity index is 1540. The largest absolute Gasteiger partial charge is 0.354 e. The summed E-state index contributed by atoms with van der Waals surface area (Å²) in [6.07, 6.45) is 2.38. The quantitative estimate of drug-likeness (QED) is 0.272. The second-order valence-corrected chi connectivity index (χ2v) is 12.0. The molecule has 1 aromatic heterocycles. The van der Waals surface area contributed by atoms with E-state index in [4.69, 9.17) is 0 Å². The minimum atomic E-state index is -3.71. The number of H-pyrrole nitrogens is 1. The molecule has 1 saturated carbocycles. The molecule has 0 radical (unpaired) electrons. The Morgan fingerprint density at radius 2 is 1.63 bits per heavy atom. The number of aromatic amines is 1. The molecule has 0 saturated heterocycles. The molecule has 198 valence electrons. The first-order valence-electron chi connectivity index (χ1n) is 13.0. The first kappa shape index (κ1) is 26.1. The van der Waals surface area contributed by atoms with Gasteiger partial charge < -0.3 is 10.3 Å². The highest BCUT2D eigenvalue weighted by molar-refractivity contribution is 7.89. The number of amides is 1. The van der Waals surface area contributed by atoms with E-state index in [-0.39, 0.29) is 34.6 Å². The van der Waals surface area contributed by atoms with Crippen LogP contribution in [0.4, 0.5) is 4.39 Å². The van der Waals surface area contributed by atoms with Crippen LogP contribution in [-0.2, 0) is 14.8 Å². The molecule has 1 fully saturated rings. The van der Waals surface area contributed by atoms with E-state index >= 15 is 0 Å². The van der Waals surface area contributed by atoms with Gasteiger partial charge in [0.2, 0.25) is 15.9 Å². The van der Waals surface area contributed by atoms with E-state index in [0.717, 1.165) is 27.7 Å². The van der Waals surface area contributed by atoms with Crippen LogP contribution in [0.15, 0.2) is 77.7 Å². The van der Waals surface area contributed by atoms with Crippen LogP contribution >= 0.6 is 0 Å². The first-order chi connectivity index (χ1) is 18.2. The van der Waals surface area contributed by atoms with E-state index in [9.17, 15) is 17.6 Å². The summed E-state index contributed by atoms with van der Waals surface area (Å²) in [6.45, 7) is 3.91. The average molecular weight is 534 g/mol. The fourth-order valence-corrected chi connectivity index (χ4v) is 6.42. The van der Waals surface area contributed by atoms with Gasteiger partial charge in [-0.1, -0.05) is 48.0 Å². The van der Waals surface area contributed by atoms with E-state index in [1.54, 1.807) is 24.3 Å². The molecule has 38 heavy (non-hydrogen) atoms. The van der Waals surface area contributed by atoms with Gasteiger partial charge in [0.05, 0.1) is 10.9 Å². The summed E-state index contributed by atoms with van der Waals surface area (Å²) in [5.41, 5.74) is 4.76. The summed E-state index contributed by atoms with van der Waals surface area (Å²) >= 11 is 0. The minimum Gasteiger partial charge on any atom is -0.354 e. The zero-order chi connectivity index (χ0) is 26.9. The highest BCUT2D eigenvalue weighted by Gasteiger charge is 2.30. The topological polar surface area (TPSA) is 91.1 Å². The maximum absolute atomic E-state index is 13.2. The van der Waals surface area contributed by atoms with E-state index < -0.39 is 10.0 Å². The van der Waals surface area contributed by atoms with Gasteiger partial charge >= 0.3 is 0 Å². The van der Waals surface area contributed by atoms with Gasteiger partial charge in [0.25, 0.3) is 0 Å². The fourth-order valence-electron chi connectivity index (χ4n) is 5.09. The Kier molecular flexibility index (Phi) is 7.36. The van der Waals surface area contributed by atoms with Crippen molar-refractivity contribution in [1.29, 1.82) is 0 Å². The zero-order valence-electron chi connectivity index (χ0n) is 21.5. The van der Waals surface area contributed by atoms with Gasteiger partial charge in [-0.2, -0.15) is 0 Å². The molecular formula is C30H32FN3O3S. The standard InChI is InChI=1S/C30H32FN3O3S/c1-19-3-5-22(6-4-19)28-17-24-11-16-27(18-29(24)33-28)38(36,37)34-26-14-9-23(10-15-26)30(35)32-20(2)21-7-12-25(31)13-8-21/h3-8,11-13,16-18,20,23,26,33-34H,9-10,14-15H2,1-2H3,(H,32,35)/t20-,23?,26?/m1/s1. The van der Waals surface area contributed by atoms with E-state index in [1.165, 1.54) is 17.7 Å². The number of carbonyl (C=O) groups is 1. The maximum Gasteiger partial charge on any atom is 0.240 e. The molecule has 1 amide bonds. The number of hydrogen-bond donors (Lipinski definition) is 3. The van der Waals surface area contributed by atoms with Crippen molar-refractivity contribution in [3.05, 3.63) is 89.7 Å². The lowest BCUT2D eigenvalue weighted by Gasteiger charge is -2.29. The summed E-state index contributed by atoms with van der Waals surface area (Å²) in [5.74, 6) is -0.535. The van der Waals surface area contributed by atoms with Gasteiger partial charge in [0.1, 0.15) is 5.82 Å². The van der Waals surface area contributed by atoms with Gasteiger partial charge in [0.15, 0.2) is 0 Å². The lowest BCUT2D eigenvalue weighted by atomic mass is 9.85. The second kappa shape index (κ2) is 10.7. The van der Waals surface area contributed by atoms with E-state index in [2.05, 4.69) is 15.0 Å². The van der Waals surface area contributed by atoms with E-state index in [1.807, 2.05) is 50.2 Å². The minimum absolute atomic E-state index is 0.0512. The Labute approximate surface area is 222 Å². The molecule has 5 rings (SSSR count). The molecule has 3 N–H and O–H groups in total. The number of halogens is 1. The Balaban J connectivity index is 1.19. The normalized spacial score (nSPS) is 18.8. The summed E-state index contributed by atoms with van der Waals surface area (Å²) in [4.78, 5) is 16.3. The van der Waals surface area contributed by atoms with Crippen molar-refractivity contribution in [3.63, 3.8) is 0 Å². The number of aryl methyl sites for hydroxylation is 1. The molecule has 8 heteroatoms. The van der Waals surface area contributed by atoms with Crippen LogP contribution < -0.4 is 10.0 Å². The van der Waals surface area contributed by atoms with Gasteiger partial charge in [-0.05, 0) is 81.0 Å². The predicted octanol–water partition coefficient (Wildman–Crippen LogP) is 6.00. The third kappa shape index (κ3) is 5.81. The van der Waals surface area contributed by atoms with Crippen molar-refractivity contribution >= 4 is 26.8 Å². The fraction of sp³-hybridized carbons (Fsp3) is 0.300. The van der Waals surface area contributed by atoms with Gasteiger partial charge in [0, 0.05) is 28.6 Å². The summed E-state index contributed by atoms with van der Waals surface area (Å²) in [7, 11) is -3.71. The molecular weight excluding hydrogens is 501 g/mol. The average Bonchev–Trinajstić information content (AvgIpc) is 3.33. The summed E-state index contributed by atoms with van der Waals surface area (Å²) in [5, 5.41) is 3.95. The number of rotatable bonds is 7. The van der Waals surface area contributed by atoms with Gasteiger partial charge in [-0.15, -0.1) is 0 Å². The highest BCUT2D eigenvalue weighted by Crippen LogP contribution is 2.29. The lowest BCUT2D eigenvalue weighted by molar-refractivity contribution is -0.126. The second-order valence-electron chi connectivity index (χ2n) is 10.2. The van der Waals surface area contributed by atoms with Crippen LogP contribution in [-0.4, -0.2) is 25.4 Å². The van der Waals surface area contributed by atoms with Gasteiger partial charge in [-0.3, -0.25) is 4.79 Å². The molecule has 1 heterocycles. The number of sulfonamides is 1. The number of fused-ring (bicyclic) bond motifs is 1. The lowest BCUT2D eigenvalue weighted by Crippen LogP contribution is -2.41. The molecule has 0 aliphatic heterocycles.